The lowest BCUT2D eigenvalue weighted by molar-refractivity contribution is -0.0869. The van der Waals surface area contributed by atoms with E-state index in [4.69, 9.17) is 10.5 Å². The van der Waals surface area contributed by atoms with Gasteiger partial charge in [0.1, 0.15) is 0 Å². The van der Waals surface area contributed by atoms with E-state index in [-0.39, 0.29) is 11.6 Å². The van der Waals surface area contributed by atoms with E-state index in [0.29, 0.717) is 0 Å². The van der Waals surface area contributed by atoms with E-state index in [9.17, 15) is 0 Å². The summed E-state index contributed by atoms with van der Waals surface area (Å²) >= 11 is 0. The van der Waals surface area contributed by atoms with Crippen LogP contribution >= 0.6 is 0 Å². The number of nitrogens with two attached hydrogens (primary N) is 1. The molecule has 2 N–H and O–H groups in total. The number of hydrogen-bond acceptors (Lipinski definition) is 3. The van der Waals surface area contributed by atoms with Gasteiger partial charge in [0.25, 0.3) is 0 Å². The molecule has 1 aliphatic heterocycles. The highest BCUT2D eigenvalue weighted by Gasteiger charge is 2.27. The molecule has 100 valence electrons. The fourth-order valence-corrected chi connectivity index (χ4v) is 2.47. The summed E-state index contributed by atoms with van der Waals surface area (Å²) in [7, 11) is 0. The Labute approximate surface area is 110 Å². The summed E-state index contributed by atoms with van der Waals surface area (Å²) in [6.45, 7) is 9.99. The molecule has 0 radical (unpaired) electrons. The topological polar surface area (TPSA) is 38.5 Å². The van der Waals surface area contributed by atoms with Crippen molar-refractivity contribution in [2.75, 3.05) is 26.2 Å². The number of morpholine rings is 1. The van der Waals surface area contributed by atoms with Crippen molar-refractivity contribution in [3.8, 4) is 0 Å². The van der Waals surface area contributed by atoms with Gasteiger partial charge in [-0.2, -0.15) is 0 Å². The van der Waals surface area contributed by atoms with Gasteiger partial charge in [0.05, 0.1) is 12.2 Å². The second kappa shape index (κ2) is 5.39. The standard InChI is InChI=1S/C15H24N2O/c1-12-4-6-13(7-5-12)14(16)10-17-8-9-18-15(2,3)11-17/h4-7,14H,8-11,16H2,1-3H3. The molecule has 0 amide bonds. The lowest BCUT2D eigenvalue weighted by Gasteiger charge is -2.39. The zero-order valence-electron chi connectivity index (χ0n) is 11.6. The first-order chi connectivity index (χ1) is 8.46. The van der Waals surface area contributed by atoms with Crippen LogP contribution in [0.3, 0.4) is 0 Å². The minimum Gasteiger partial charge on any atom is -0.373 e. The van der Waals surface area contributed by atoms with E-state index >= 15 is 0 Å². The van der Waals surface area contributed by atoms with Gasteiger partial charge in [-0.1, -0.05) is 29.8 Å². The van der Waals surface area contributed by atoms with Crippen molar-refractivity contribution < 1.29 is 4.74 Å². The Hall–Kier alpha value is -0.900. The summed E-state index contributed by atoms with van der Waals surface area (Å²) in [5, 5.41) is 0. The Morgan fingerprint density at radius 1 is 1.33 bits per heavy atom. The first-order valence-electron chi connectivity index (χ1n) is 6.65. The van der Waals surface area contributed by atoms with Gasteiger partial charge < -0.3 is 10.5 Å². The van der Waals surface area contributed by atoms with Crippen molar-refractivity contribution in [3.05, 3.63) is 35.4 Å². The summed E-state index contributed by atoms with van der Waals surface area (Å²) in [5.74, 6) is 0. The first kappa shape index (κ1) is 13.5. The molecule has 1 atom stereocenters. The molecule has 1 fully saturated rings. The van der Waals surface area contributed by atoms with Crippen molar-refractivity contribution >= 4 is 0 Å². The molecule has 3 nitrogen and oxygen atoms in total. The molecule has 3 heteroatoms. The van der Waals surface area contributed by atoms with Gasteiger partial charge in [-0.05, 0) is 26.3 Å². The number of hydrogen-bond donors (Lipinski definition) is 1. The largest absolute Gasteiger partial charge is 0.373 e. The predicted molar refractivity (Wildman–Crippen MR) is 74.6 cm³/mol. The van der Waals surface area contributed by atoms with E-state index in [1.54, 1.807) is 0 Å². The molecule has 0 spiro atoms. The summed E-state index contributed by atoms with van der Waals surface area (Å²) in [5.41, 5.74) is 8.72. The Kier molecular flexibility index (Phi) is 4.05. The molecule has 0 saturated carbocycles. The second-order valence-electron chi connectivity index (χ2n) is 5.86. The quantitative estimate of drug-likeness (QED) is 0.890. The molecule has 1 heterocycles. The van der Waals surface area contributed by atoms with Gasteiger partial charge in [-0.25, -0.2) is 0 Å². The maximum Gasteiger partial charge on any atom is 0.0753 e. The van der Waals surface area contributed by atoms with Crippen LogP contribution in [-0.2, 0) is 4.74 Å². The molecule has 0 bridgehead atoms. The van der Waals surface area contributed by atoms with Gasteiger partial charge in [0.15, 0.2) is 0 Å². The number of aryl methyl sites for hydroxylation is 1. The molecule has 1 aliphatic rings. The maximum absolute atomic E-state index is 6.28. The Bertz CT molecular complexity index is 386. The predicted octanol–water partition coefficient (Wildman–Crippen LogP) is 2.11. The van der Waals surface area contributed by atoms with Crippen molar-refractivity contribution in [2.45, 2.75) is 32.4 Å². The first-order valence-corrected chi connectivity index (χ1v) is 6.65. The molecular formula is C15H24N2O. The van der Waals surface area contributed by atoms with E-state index in [1.165, 1.54) is 11.1 Å². The van der Waals surface area contributed by atoms with E-state index in [0.717, 1.165) is 26.2 Å². The van der Waals surface area contributed by atoms with Crippen LogP contribution in [0.4, 0.5) is 0 Å². The highest BCUT2D eigenvalue weighted by molar-refractivity contribution is 5.24. The summed E-state index contributed by atoms with van der Waals surface area (Å²) in [6.07, 6.45) is 0. The van der Waals surface area contributed by atoms with Gasteiger partial charge in [-0.3, -0.25) is 4.90 Å². The Morgan fingerprint density at radius 3 is 2.61 bits per heavy atom. The van der Waals surface area contributed by atoms with E-state index < -0.39 is 0 Å². The molecule has 2 rings (SSSR count). The van der Waals surface area contributed by atoms with Crippen molar-refractivity contribution in [2.24, 2.45) is 5.73 Å². The fourth-order valence-electron chi connectivity index (χ4n) is 2.47. The second-order valence-corrected chi connectivity index (χ2v) is 5.86. The SMILES string of the molecule is Cc1ccc(C(N)CN2CCOC(C)(C)C2)cc1. The Morgan fingerprint density at radius 2 is 2.00 bits per heavy atom. The molecular weight excluding hydrogens is 224 g/mol. The molecule has 1 aromatic rings. The van der Waals surface area contributed by atoms with Crippen LogP contribution in [0, 0.1) is 6.92 Å². The maximum atomic E-state index is 6.28. The fraction of sp³-hybridized carbons (Fsp3) is 0.600. The van der Waals surface area contributed by atoms with Crippen LogP contribution in [0.25, 0.3) is 0 Å². The summed E-state index contributed by atoms with van der Waals surface area (Å²) in [6, 6.07) is 8.59. The average Bonchev–Trinajstić information content (AvgIpc) is 2.28. The molecule has 0 aromatic heterocycles. The highest BCUT2D eigenvalue weighted by atomic mass is 16.5. The minimum absolute atomic E-state index is 0.0504. The Balaban J connectivity index is 1.94. The van der Waals surface area contributed by atoms with Crippen molar-refractivity contribution in [3.63, 3.8) is 0 Å². The molecule has 1 aromatic carbocycles. The van der Waals surface area contributed by atoms with Gasteiger partial charge in [0.2, 0.25) is 0 Å². The molecule has 1 saturated heterocycles. The third kappa shape index (κ3) is 3.55. The monoisotopic (exact) mass is 248 g/mol. The molecule has 1 unspecified atom stereocenters. The smallest absolute Gasteiger partial charge is 0.0753 e. The molecule has 0 aliphatic carbocycles. The van der Waals surface area contributed by atoms with Crippen molar-refractivity contribution in [1.82, 2.24) is 4.90 Å². The molecule has 18 heavy (non-hydrogen) atoms. The van der Waals surface area contributed by atoms with Crippen LogP contribution in [0.1, 0.15) is 31.0 Å². The zero-order chi connectivity index (χ0) is 13.2. The normalized spacial score (nSPS) is 21.8. The summed E-state index contributed by atoms with van der Waals surface area (Å²) in [4.78, 5) is 2.40. The third-order valence-electron chi connectivity index (χ3n) is 3.47. The lowest BCUT2D eigenvalue weighted by Crippen LogP contribution is -2.50. The van der Waals surface area contributed by atoms with Gasteiger partial charge >= 0.3 is 0 Å². The zero-order valence-corrected chi connectivity index (χ0v) is 11.6. The van der Waals surface area contributed by atoms with Crippen LogP contribution < -0.4 is 5.73 Å². The van der Waals surface area contributed by atoms with Crippen LogP contribution in [0.2, 0.25) is 0 Å². The van der Waals surface area contributed by atoms with Crippen LogP contribution in [0.5, 0.6) is 0 Å². The average molecular weight is 248 g/mol. The van der Waals surface area contributed by atoms with E-state index in [1.807, 2.05) is 0 Å². The van der Waals surface area contributed by atoms with Crippen molar-refractivity contribution in [1.29, 1.82) is 0 Å². The highest BCUT2D eigenvalue weighted by Crippen LogP contribution is 2.19. The van der Waals surface area contributed by atoms with Gasteiger partial charge in [0, 0.05) is 25.7 Å². The lowest BCUT2D eigenvalue weighted by atomic mass is 10.0. The number of benzene rings is 1. The van der Waals surface area contributed by atoms with Gasteiger partial charge in [-0.15, -0.1) is 0 Å². The summed E-state index contributed by atoms with van der Waals surface area (Å²) < 4.78 is 5.72. The number of nitrogens with zero attached hydrogens (tertiary/aromatic N) is 1. The van der Waals surface area contributed by atoms with E-state index in [2.05, 4.69) is 49.9 Å². The third-order valence-corrected chi connectivity index (χ3v) is 3.47. The number of rotatable bonds is 3. The van der Waals surface area contributed by atoms with Crippen LogP contribution in [-0.4, -0.2) is 36.7 Å². The minimum atomic E-state index is -0.0504. The van der Waals surface area contributed by atoms with Crippen LogP contribution in [0.15, 0.2) is 24.3 Å². The number of ether oxygens (including phenoxy) is 1.